The van der Waals surface area contributed by atoms with Crippen molar-refractivity contribution in [3.8, 4) is 23.3 Å². The van der Waals surface area contributed by atoms with Gasteiger partial charge in [-0.25, -0.2) is 27.5 Å². The predicted octanol–water partition coefficient (Wildman–Crippen LogP) is 3.18. The molecule has 0 fully saturated rings. The number of halogens is 4. The number of alkyl halides is 3. The smallest absolute Gasteiger partial charge is 0.416 e. The van der Waals surface area contributed by atoms with Gasteiger partial charge in [0, 0.05) is 19.2 Å². The highest BCUT2D eigenvalue weighted by Gasteiger charge is 2.32. The number of amides is 3. The minimum atomic E-state index is -4.62. The van der Waals surface area contributed by atoms with Crippen LogP contribution in [0, 0.1) is 10.1 Å². The lowest BCUT2D eigenvalue weighted by atomic mass is 10.1. The topological polar surface area (TPSA) is 290 Å². The second kappa shape index (κ2) is 16.6. The molecule has 0 aliphatic heterocycles. The summed E-state index contributed by atoms with van der Waals surface area (Å²) in [5.41, 5.74) is -2.93. The van der Waals surface area contributed by atoms with Crippen LogP contribution in [-0.2, 0) is 33.3 Å². The van der Waals surface area contributed by atoms with Crippen molar-refractivity contribution < 1.29 is 68.6 Å². The van der Waals surface area contributed by atoms with E-state index in [1.807, 2.05) is 0 Å². The third-order valence-electron chi connectivity index (χ3n) is 6.09. The summed E-state index contributed by atoms with van der Waals surface area (Å²) in [5, 5.41) is 24.7. The first-order valence-electron chi connectivity index (χ1n) is 13.9. The van der Waals surface area contributed by atoms with E-state index in [1.54, 1.807) is 9.44 Å². The molecule has 2 aromatic carbocycles. The zero-order valence-electron chi connectivity index (χ0n) is 27.5. The Kier molecular flexibility index (Phi) is 12.9. The standard InChI is InChI=1S/C15H10ClF3N2O6S.C12H14N6O7S/c1-28(25,26)20-14(22)10-7-9(3-4-12(10)21(23)24)27-13-5-2-8(6-11(13)16)15(17,18)19;1-18-9(6(5-13-18)10(19)20)26(22,23)17-12(21)16-11-14-7(24-2)4-8(15-11)25-3/h2-7H,1H3,(H,20,22);4-5H,1-3H3,(H,19,20)(H2,14,15,16,17,21). The van der Waals surface area contributed by atoms with Crippen molar-refractivity contribution in [1.82, 2.24) is 29.2 Å². The molecule has 290 valence electrons. The number of ether oxygens (including phenoxy) is 3. The number of methoxy groups -OCH3 is 2. The fourth-order valence-electron chi connectivity index (χ4n) is 3.89. The Hall–Kier alpha value is -6.28. The lowest BCUT2D eigenvalue weighted by Crippen LogP contribution is -2.36. The van der Waals surface area contributed by atoms with E-state index in [-0.39, 0.29) is 29.2 Å². The summed E-state index contributed by atoms with van der Waals surface area (Å²) in [6.07, 6.45) is -3.09. The van der Waals surface area contributed by atoms with Gasteiger partial charge in [0.1, 0.15) is 22.6 Å². The molecule has 54 heavy (non-hydrogen) atoms. The molecule has 0 saturated heterocycles. The van der Waals surface area contributed by atoms with Gasteiger partial charge in [-0.05, 0) is 24.3 Å². The van der Waals surface area contributed by atoms with Gasteiger partial charge in [0.2, 0.25) is 27.7 Å². The van der Waals surface area contributed by atoms with Crippen LogP contribution in [-0.4, -0.2) is 85.0 Å². The minimum Gasteiger partial charge on any atom is -0.481 e. The number of aromatic carboxylic acids is 1. The number of nitro groups is 1. The summed E-state index contributed by atoms with van der Waals surface area (Å²) in [6, 6.07) is 5.21. The summed E-state index contributed by atoms with van der Waals surface area (Å²) in [7, 11) is -4.67. The first-order valence-corrected chi connectivity index (χ1v) is 17.6. The third-order valence-corrected chi connectivity index (χ3v) is 8.39. The van der Waals surface area contributed by atoms with E-state index in [2.05, 4.69) is 20.4 Å². The first kappa shape index (κ1) is 42.1. The van der Waals surface area contributed by atoms with Crippen LogP contribution in [0.15, 0.2) is 53.7 Å². The van der Waals surface area contributed by atoms with E-state index in [4.69, 9.17) is 30.9 Å². The van der Waals surface area contributed by atoms with E-state index in [9.17, 15) is 54.5 Å². The number of urea groups is 1. The summed E-state index contributed by atoms with van der Waals surface area (Å²) >= 11 is 5.76. The molecule has 2 heterocycles. The van der Waals surface area contributed by atoms with Gasteiger partial charge >= 0.3 is 18.2 Å². The highest BCUT2D eigenvalue weighted by Crippen LogP contribution is 2.37. The van der Waals surface area contributed by atoms with Gasteiger partial charge in [-0.3, -0.25) is 24.9 Å². The van der Waals surface area contributed by atoms with Crippen LogP contribution in [0.5, 0.6) is 23.3 Å². The number of aromatic nitrogens is 4. The van der Waals surface area contributed by atoms with Crippen molar-refractivity contribution in [1.29, 1.82) is 0 Å². The number of hydrogen-bond donors (Lipinski definition) is 4. The maximum Gasteiger partial charge on any atom is 0.416 e. The van der Waals surface area contributed by atoms with Crippen LogP contribution in [0.2, 0.25) is 5.02 Å². The molecular weight excluding hydrogens is 801 g/mol. The van der Waals surface area contributed by atoms with Gasteiger partial charge in [0.15, 0.2) is 5.03 Å². The molecule has 4 N–H and O–H groups in total. The molecule has 2 aromatic heterocycles. The Morgan fingerprint density at radius 1 is 0.963 bits per heavy atom. The number of rotatable bonds is 11. The Labute approximate surface area is 306 Å². The van der Waals surface area contributed by atoms with Crippen molar-refractivity contribution in [2.45, 2.75) is 11.2 Å². The Balaban J connectivity index is 0.000000291. The average Bonchev–Trinajstić information content (AvgIpc) is 3.46. The SMILES string of the molecule is COc1cc(OC)nc(NC(=O)NS(=O)(=O)c2c(C(=O)O)cnn2C)n1.CS(=O)(=O)NC(=O)c1cc(Oc2ccc(C(F)(F)F)cc2Cl)ccc1[N+](=O)[O-]. The van der Waals surface area contributed by atoms with Crippen LogP contribution in [0.3, 0.4) is 0 Å². The Bertz CT molecular complexity index is 2320. The molecule has 4 rings (SSSR count). The summed E-state index contributed by atoms with van der Waals surface area (Å²) in [6.45, 7) is 0. The number of anilines is 1. The lowest BCUT2D eigenvalue weighted by molar-refractivity contribution is -0.385. The number of nitro benzene ring substituents is 1. The van der Waals surface area contributed by atoms with E-state index in [0.717, 1.165) is 35.1 Å². The van der Waals surface area contributed by atoms with E-state index < -0.39 is 81.5 Å². The first-order chi connectivity index (χ1) is 24.9. The monoisotopic (exact) mass is 824 g/mol. The molecule has 0 aliphatic carbocycles. The molecule has 0 saturated carbocycles. The van der Waals surface area contributed by atoms with Crippen LogP contribution in [0.1, 0.15) is 26.3 Å². The van der Waals surface area contributed by atoms with E-state index in [1.165, 1.54) is 27.3 Å². The van der Waals surface area contributed by atoms with Crippen LogP contribution >= 0.6 is 11.6 Å². The normalized spacial score (nSPS) is 11.3. The van der Waals surface area contributed by atoms with Crippen molar-refractivity contribution in [2.24, 2.45) is 7.05 Å². The summed E-state index contributed by atoms with van der Waals surface area (Å²) in [4.78, 5) is 52.8. The van der Waals surface area contributed by atoms with Gasteiger partial charge in [-0.15, -0.1) is 0 Å². The largest absolute Gasteiger partial charge is 0.481 e. The van der Waals surface area contributed by atoms with E-state index in [0.29, 0.717) is 18.4 Å². The van der Waals surface area contributed by atoms with Crippen molar-refractivity contribution in [2.75, 3.05) is 25.8 Å². The molecule has 0 bridgehead atoms. The van der Waals surface area contributed by atoms with Gasteiger partial charge in [0.05, 0.1) is 48.2 Å². The Morgan fingerprint density at radius 2 is 1.57 bits per heavy atom. The molecule has 0 spiro atoms. The maximum atomic E-state index is 12.7. The Morgan fingerprint density at radius 3 is 2.07 bits per heavy atom. The number of hydrogen-bond acceptors (Lipinski definition) is 15. The molecule has 0 radical (unpaired) electrons. The molecule has 0 unspecified atom stereocenters. The van der Waals surface area contributed by atoms with E-state index >= 15 is 0 Å². The summed E-state index contributed by atoms with van der Waals surface area (Å²) in [5.74, 6) is -3.36. The molecule has 0 atom stereocenters. The number of benzene rings is 2. The quantitative estimate of drug-likeness (QED) is 0.125. The number of nitrogens with zero attached hydrogens (tertiary/aromatic N) is 5. The zero-order chi connectivity index (χ0) is 40.8. The number of nitrogens with one attached hydrogen (secondary N) is 3. The zero-order valence-corrected chi connectivity index (χ0v) is 29.9. The minimum absolute atomic E-state index is 0.0646. The number of aryl methyl sites for hydroxylation is 1. The molecule has 21 nitrogen and oxygen atoms in total. The van der Waals surface area contributed by atoms with Crippen molar-refractivity contribution in [3.05, 3.63) is 80.5 Å². The molecule has 27 heteroatoms. The van der Waals surface area contributed by atoms with Gasteiger partial charge < -0.3 is 19.3 Å². The van der Waals surface area contributed by atoms with Crippen molar-refractivity contribution in [3.63, 3.8) is 0 Å². The fraction of sp³-hybridized carbons (Fsp3) is 0.185. The van der Waals surface area contributed by atoms with Crippen molar-refractivity contribution >= 4 is 61.2 Å². The number of carbonyl (C=O) groups excluding carboxylic acids is 2. The summed E-state index contributed by atoms with van der Waals surface area (Å²) < 4.78 is 104. The third kappa shape index (κ3) is 11.1. The fourth-order valence-corrected chi connectivity index (χ4v) is 5.77. The predicted molar refractivity (Wildman–Crippen MR) is 177 cm³/mol. The lowest BCUT2D eigenvalue weighted by Gasteiger charge is -2.12. The highest BCUT2D eigenvalue weighted by atomic mass is 35.5. The van der Waals surface area contributed by atoms with Gasteiger partial charge in [-0.2, -0.15) is 36.7 Å². The second-order valence-corrected chi connectivity index (χ2v) is 13.8. The average molecular weight is 825 g/mol. The molecule has 4 aromatic rings. The number of sulfonamides is 2. The second-order valence-electron chi connectivity index (χ2n) is 10.0. The number of carbonyl (C=O) groups is 3. The highest BCUT2D eigenvalue weighted by molar-refractivity contribution is 7.90. The van der Waals surface area contributed by atoms with Gasteiger partial charge in [-0.1, -0.05) is 11.6 Å². The number of carboxylic acid groups (broad SMARTS) is 1. The maximum absolute atomic E-state index is 12.7. The van der Waals surface area contributed by atoms with Crippen LogP contribution < -0.4 is 29.0 Å². The van der Waals surface area contributed by atoms with Crippen LogP contribution in [0.25, 0.3) is 0 Å². The molecule has 3 amide bonds. The molecule has 0 aliphatic rings. The molecular formula is C27H24ClF3N8O13S2. The van der Waals surface area contributed by atoms with Gasteiger partial charge in [0.25, 0.3) is 21.6 Å². The number of carboxylic acids is 1. The van der Waals surface area contributed by atoms with Crippen LogP contribution in [0.4, 0.5) is 29.6 Å².